The molecule has 0 spiro atoms. The van der Waals surface area contributed by atoms with Crippen molar-refractivity contribution in [3.8, 4) is 17.1 Å². The lowest BCUT2D eigenvalue weighted by molar-refractivity contribution is -0.119. The number of ether oxygens (including phenoxy) is 2. The molecule has 2 heterocycles. The molecule has 0 saturated carbocycles. The van der Waals surface area contributed by atoms with Crippen molar-refractivity contribution in [1.29, 1.82) is 0 Å². The van der Waals surface area contributed by atoms with Crippen LogP contribution < -0.4 is 15.4 Å². The summed E-state index contributed by atoms with van der Waals surface area (Å²) in [6.45, 7) is 0.208. The average molecular weight is 470 g/mol. The van der Waals surface area contributed by atoms with Crippen molar-refractivity contribution in [2.45, 2.75) is 25.5 Å². The van der Waals surface area contributed by atoms with Crippen LogP contribution in [0.2, 0.25) is 5.02 Å². The fourth-order valence-electron chi connectivity index (χ4n) is 2.71. The Labute approximate surface area is 175 Å². The highest BCUT2D eigenvalue weighted by atomic mass is 79.9. The van der Waals surface area contributed by atoms with Crippen molar-refractivity contribution in [1.82, 2.24) is 20.6 Å². The van der Waals surface area contributed by atoms with Crippen LogP contribution in [0.5, 0.6) is 5.88 Å². The molecule has 0 bridgehead atoms. The van der Waals surface area contributed by atoms with Crippen molar-refractivity contribution < 1.29 is 19.1 Å². The number of hydrogen-bond donors (Lipinski definition) is 2. The van der Waals surface area contributed by atoms with Crippen LogP contribution in [0.1, 0.15) is 18.5 Å². The van der Waals surface area contributed by atoms with E-state index in [-0.39, 0.29) is 24.4 Å². The standard InChI is InChI=1S/C18H18BrClN4O4/c1-27-17-14(9-28-18(26)22-7-10-5-6-15(25)23-10)21-8-13(24-17)11-3-2-4-12(19)16(11)20/h2-4,8,10H,5-7,9H2,1H3,(H,22,26)(H,23,25). The van der Waals surface area contributed by atoms with E-state index < -0.39 is 6.09 Å². The molecule has 1 aliphatic heterocycles. The Hall–Kier alpha value is -2.39. The summed E-state index contributed by atoms with van der Waals surface area (Å²) in [5.74, 6) is 0.232. The lowest BCUT2D eigenvalue weighted by atomic mass is 10.1. The van der Waals surface area contributed by atoms with Gasteiger partial charge in [0.05, 0.1) is 24.0 Å². The Balaban J connectivity index is 1.62. The number of aromatic nitrogens is 2. The molecule has 3 rings (SSSR count). The molecular weight excluding hydrogens is 452 g/mol. The number of alkyl carbamates (subject to hydrolysis) is 1. The highest BCUT2D eigenvalue weighted by Gasteiger charge is 2.21. The van der Waals surface area contributed by atoms with E-state index in [0.29, 0.717) is 41.4 Å². The average Bonchev–Trinajstić information content (AvgIpc) is 3.12. The number of benzene rings is 1. The molecular formula is C18H18BrClN4O4. The second-order valence-electron chi connectivity index (χ2n) is 6.07. The third-order valence-corrected chi connectivity index (χ3v) is 5.45. The number of methoxy groups -OCH3 is 1. The van der Waals surface area contributed by atoms with Gasteiger partial charge in [0.1, 0.15) is 12.3 Å². The van der Waals surface area contributed by atoms with E-state index in [4.69, 9.17) is 21.1 Å². The predicted octanol–water partition coefficient (Wildman–Crippen LogP) is 3.07. The number of nitrogens with zero attached hydrogens (tertiary/aromatic N) is 2. The van der Waals surface area contributed by atoms with Gasteiger partial charge in [-0.3, -0.25) is 4.79 Å². The molecule has 2 amide bonds. The van der Waals surface area contributed by atoms with Crippen molar-refractivity contribution in [2.24, 2.45) is 0 Å². The van der Waals surface area contributed by atoms with Gasteiger partial charge in [-0.25, -0.2) is 14.8 Å². The first-order valence-electron chi connectivity index (χ1n) is 8.52. The Kier molecular flexibility index (Phi) is 6.69. The quantitative estimate of drug-likeness (QED) is 0.674. The molecule has 1 unspecified atom stereocenters. The Morgan fingerprint density at radius 1 is 1.46 bits per heavy atom. The SMILES string of the molecule is COc1nc(-c2cccc(Br)c2Cl)cnc1COC(=O)NCC1CCC(=O)N1. The highest BCUT2D eigenvalue weighted by Crippen LogP contribution is 2.33. The first kappa shape index (κ1) is 20.3. The van der Waals surface area contributed by atoms with Gasteiger partial charge in [0.2, 0.25) is 11.8 Å². The van der Waals surface area contributed by atoms with Gasteiger partial charge in [0.15, 0.2) is 0 Å². The summed E-state index contributed by atoms with van der Waals surface area (Å²) in [5, 5.41) is 5.90. The Bertz CT molecular complexity index is 896. The predicted molar refractivity (Wildman–Crippen MR) is 106 cm³/mol. The molecule has 8 nitrogen and oxygen atoms in total. The van der Waals surface area contributed by atoms with Crippen molar-refractivity contribution in [3.63, 3.8) is 0 Å². The van der Waals surface area contributed by atoms with E-state index in [1.165, 1.54) is 7.11 Å². The maximum absolute atomic E-state index is 11.9. The molecule has 2 aromatic rings. The van der Waals surface area contributed by atoms with Gasteiger partial charge in [0, 0.05) is 29.0 Å². The number of halogens is 2. The number of nitrogens with one attached hydrogen (secondary N) is 2. The summed E-state index contributed by atoms with van der Waals surface area (Å²) in [6.07, 6.45) is 2.10. The minimum Gasteiger partial charge on any atom is -0.480 e. The molecule has 1 aliphatic rings. The van der Waals surface area contributed by atoms with Crippen LogP contribution in [-0.2, 0) is 16.1 Å². The summed E-state index contributed by atoms with van der Waals surface area (Å²) in [6, 6.07) is 5.42. The maximum atomic E-state index is 11.9. The molecule has 1 fully saturated rings. The van der Waals surface area contributed by atoms with Crippen LogP contribution in [0.3, 0.4) is 0 Å². The summed E-state index contributed by atoms with van der Waals surface area (Å²) in [5.41, 5.74) is 1.61. The van der Waals surface area contributed by atoms with Gasteiger partial charge in [-0.1, -0.05) is 23.7 Å². The molecule has 1 atom stereocenters. The van der Waals surface area contributed by atoms with E-state index in [1.54, 1.807) is 6.20 Å². The van der Waals surface area contributed by atoms with E-state index in [1.807, 2.05) is 18.2 Å². The molecule has 2 N–H and O–H groups in total. The minimum atomic E-state index is -0.607. The van der Waals surface area contributed by atoms with E-state index in [9.17, 15) is 9.59 Å². The second kappa shape index (κ2) is 9.20. The number of amides is 2. The zero-order chi connectivity index (χ0) is 20.1. The number of carbonyl (C=O) groups is 2. The van der Waals surface area contributed by atoms with Crippen molar-refractivity contribution >= 4 is 39.5 Å². The van der Waals surface area contributed by atoms with Crippen molar-refractivity contribution in [3.05, 3.63) is 39.6 Å². The van der Waals surface area contributed by atoms with Crippen LogP contribution in [0.25, 0.3) is 11.3 Å². The minimum absolute atomic E-state index is 0.00850. The fraction of sp³-hybridized carbons (Fsp3) is 0.333. The van der Waals surface area contributed by atoms with Gasteiger partial charge in [-0.05, 0) is 28.4 Å². The normalized spacial score (nSPS) is 15.8. The van der Waals surface area contributed by atoms with Crippen LogP contribution in [0.15, 0.2) is 28.9 Å². The van der Waals surface area contributed by atoms with Gasteiger partial charge in [0.25, 0.3) is 0 Å². The molecule has 1 aromatic carbocycles. The first-order chi connectivity index (χ1) is 13.5. The van der Waals surface area contributed by atoms with Crippen LogP contribution in [0.4, 0.5) is 4.79 Å². The lowest BCUT2D eigenvalue weighted by Gasteiger charge is -2.13. The van der Waals surface area contributed by atoms with Crippen molar-refractivity contribution in [2.75, 3.05) is 13.7 Å². The number of rotatable bonds is 6. The fourth-order valence-corrected chi connectivity index (χ4v) is 3.30. The number of hydrogen-bond acceptors (Lipinski definition) is 6. The molecule has 0 radical (unpaired) electrons. The zero-order valence-corrected chi connectivity index (χ0v) is 17.3. The van der Waals surface area contributed by atoms with Gasteiger partial charge >= 0.3 is 6.09 Å². The van der Waals surface area contributed by atoms with Crippen LogP contribution in [-0.4, -0.2) is 41.7 Å². The van der Waals surface area contributed by atoms with Gasteiger partial charge in [-0.15, -0.1) is 0 Å². The third kappa shape index (κ3) is 4.90. The summed E-state index contributed by atoms with van der Waals surface area (Å²) >= 11 is 9.68. The van der Waals surface area contributed by atoms with E-state index in [0.717, 1.165) is 4.47 Å². The second-order valence-corrected chi connectivity index (χ2v) is 7.31. The zero-order valence-electron chi connectivity index (χ0n) is 15.0. The molecule has 1 saturated heterocycles. The molecule has 0 aliphatic carbocycles. The molecule has 28 heavy (non-hydrogen) atoms. The summed E-state index contributed by atoms with van der Waals surface area (Å²) in [4.78, 5) is 31.7. The molecule has 148 valence electrons. The maximum Gasteiger partial charge on any atom is 0.407 e. The van der Waals surface area contributed by atoms with Gasteiger partial charge in [-0.2, -0.15) is 0 Å². The third-order valence-electron chi connectivity index (χ3n) is 4.15. The summed E-state index contributed by atoms with van der Waals surface area (Å²) in [7, 11) is 1.46. The van der Waals surface area contributed by atoms with Gasteiger partial charge < -0.3 is 20.1 Å². The Morgan fingerprint density at radius 2 is 2.29 bits per heavy atom. The Morgan fingerprint density at radius 3 is 3.00 bits per heavy atom. The van der Waals surface area contributed by atoms with E-state index in [2.05, 4.69) is 36.5 Å². The van der Waals surface area contributed by atoms with E-state index >= 15 is 0 Å². The monoisotopic (exact) mass is 468 g/mol. The number of carbonyl (C=O) groups excluding carboxylic acids is 2. The van der Waals surface area contributed by atoms with Crippen LogP contribution >= 0.6 is 27.5 Å². The highest BCUT2D eigenvalue weighted by molar-refractivity contribution is 9.10. The molecule has 1 aromatic heterocycles. The smallest absolute Gasteiger partial charge is 0.407 e. The van der Waals surface area contributed by atoms with Crippen LogP contribution in [0, 0.1) is 0 Å². The topological polar surface area (TPSA) is 102 Å². The molecule has 10 heteroatoms. The summed E-state index contributed by atoms with van der Waals surface area (Å²) < 4.78 is 11.2. The lowest BCUT2D eigenvalue weighted by Crippen LogP contribution is -2.38. The first-order valence-corrected chi connectivity index (χ1v) is 9.69. The largest absolute Gasteiger partial charge is 0.480 e.